The zero-order chi connectivity index (χ0) is 12.6. The molecule has 0 unspecified atom stereocenters. The van der Waals surface area contributed by atoms with Gasteiger partial charge < -0.3 is 5.73 Å². The van der Waals surface area contributed by atoms with E-state index in [0.717, 1.165) is 15.6 Å². The lowest BCUT2D eigenvalue weighted by molar-refractivity contribution is 0.627. The van der Waals surface area contributed by atoms with Gasteiger partial charge in [0.15, 0.2) is 0 Å². The molecule has 1 aromatic heterocycles. The van der Waals surface area contributed by atoms with Gasteiger partial charge in [0.25, 0.3) is 0 Å². The molecule has 0 aliphatic rings. The van der Waals surface area contributed by atoms with Crippen molar-refractivity contribution in [3.05, 3.63) is 44.7 Å². The summed E-state index contributed by atoms with van der Waals surface area (Å²) in [6.07, 6.45) is 1.64. The highest BCUT2D eigenvalue weighted by Gasteiger charge is 2.12. The summed E-state index contributed by atoms with van der Waals surface area (Å²) in [6, 6.07) is 4.58. The quantitative estimate of drug-likeness (QED) is 0.824. The van der Waals surface area contributed by atoms with Crippen molar-refractivity contribution in [1.82, 2.24) is 4.98 Å². The van der Waals surface area contributed by atoms with Crippen LogP contribution in [0.4, 0.5) is 10.1 Å². The number of nitrogen functional groups attached to an aromatic ring is 1. The van der Waals surface area contributed by atoms with E-state index in [1.165, 1.54) is 12.1 Å². The van der Waals surface area contributed by atoms with Crippen molar-refractivity contribution < 1.29 is 4.39 Å². The number of hydrogen-bond donors (Lipinski definition) is 1. The highest BCUT2D eigenvalue weighted by molar-refractivity contribution is 9.11. The maximum Gasteiger partial charge on any atom is 0.123 e. The first-order valence-electron chi connectivity index (χ1n) is 4.86. The fourth-order valence-corrected chi connectivity index (χ4v) is 2.66. The number of benzene rings is 1. The van der Waals surface area contributed by atoms with Gasteiger partial charge in [-0.05, 0) is 62.5 Å². The van der Waals surface area contributed by atoms with Crippen LogP contribution in [0.3, 0.4) is 0 Å². The van der Waals surface area contributed by atoms with Crippen molar-refractivity contribution in [1.29, 1.82) is 0 Å². The summed E-state index contributed by atoms with van der Waals surface area (Å²) in [4.78, 5) is 4.30. The van der Waals surface area contributed by atoms with Crippen LogP contribution < -0.4 is 5.73 Å². The topological polar surface area (TPSA) is 38.9 Å². The van der Waals surface area contributed by atoms with Gasteiger partial charge in [0.05, 0.1) is 20.3 Å². The zero-order valence-electron chi connectivity index (χ0n) is 8.97. The summed E-state index contributed by atoms with van der Waals surface area (Å²) in [5, 5.41) is 0. The van der Waals surface area contributed by atoms with Crippen molar-refractivity contribution in [2.24, 2.45) is 0 Å². The lowest BCUT2D eigenvalue weighted by Gasteiger charge is -2.10. The average molecular weight is 360 g/mol. The number of rotatable bonds is 1. The molecule has 0 aliphatic heterocycles. The molecule has 0 bridgehead atoms. The average Bonchev–Trinajstić information content (AvgIpc) is 2.28. The molecule has 2 rings (SSSR count). The van der Waals surface area contributed by atoms with Crippen LogP contribution in [0, 0.1) is 12.7 Å². The summed E-state index contributed by atoms with van der Waals surface area (Å²) < 4.78 is 14.5. The predicted octanol–water partition coefficient (Wildman–Crippen LogP) is 4.30. The van der Waals surface area contributed by atoms with E-state index in [4.69, 9.17) is 5.73 Å². The minimum Gasteiger partial charge on any atom is -0.397 e. The smallest absolute Gasteiger partial charge is 0.123 e. The van der Waals surface area contributed by atoms with E-state index in [2.05, 4.69) is 36.8 Å². The van der Waals surface area contributed by atoms with Crippen molar-refractivity contribution >= 4 is 37.5 Å². The molecule has 17 heavy (non-hydrogen) atoms. The number of anilines is 1. The van der Waals surface area contributed by atoms with Gasteiger partial charge in [0.2, 0.25) is 0 Å². The van der Waals surface area contributed by atoms with Crippen LogP contribution in [0.1, 0.15) is 5.56 Å². The third kappa shape index (κ3) is 2.35. The zero-order valence-corrected chi connectivity index (χ0v) is 12.1. The van der Waals surface area contributed by atoms with E-state index in [1.54, 1.807) is 12.3 Å². The van der Waals surface area contributed by atoms with E-state index in [1.807, 2.05) is 6.92 Å². The van der Waals surface area contributed by atoms with Crippen LogP contribution in [0.5, 0.6) is 0 Å². The maximum atomic E-state index is 13.0. The molecule has 0 radical (unpaired) electrons. The molecule has 1 aromatic carbocycles. The Morgan fingerprint density at radius 2 is 2.00 bits per heavy atom. The monoisotopic (exact) mass is 358 g/mol. The van der Waals surface area contributed by atoms with Crippen LogP contribution >= 0.6 is 31.9 Å². The number of hydrogen-bond acceptors (Lipinski definition) is 2. The Morgan fingerprint density at radius 3 is 2.65 bits per heavy atom. The Bertz CT molecular complexity index is 585. The van der Waals surface area contributed by atoms with E-state index < -0.39 is 0 Å². The molecule has 0 spiro atoms. The molecule has 5 heteroatoms. The van der Waals surface area contributed by atoms with Crippen LogP contribution in [0.15, 0.2) is 33.3 Å². The molecular formula is C12H9Br2FN2. The normalized spacial score (nSPS) is 10.6. The third-order valence-corrected chi connectivity index (χ3v) is 3.89. The summed E-state index contributed by atoms with van der Waals surface area (Å²) >= 11 is 6.71. The van der Waals surface area contributed by atoms with Crippen molar-refractivity contribution in [2.45, 2.75) is 6.92 Å². The van der Waals surface area contributed by atoms with Crippen LogP contribution in [0.25, 0.3) is 11.3 Å². The number of aromatic nitrogens is 1. The third-order valence-electron chi connectivity index (χ3n) is 2.45. The standard InChI is InChI=1S/C12H9Br2FN2/c1-6-4-7(15)2-3-8(6)12-10(14)11(16)9(13)5-17-12/h2-5H,1H3,(H2,16,17). The van der Waals surface area contributed by atoms with E-state index in [-0.39, 0.29) is 5.82 Å². The molecule has 0 saturated carbocycles. The van der Waals surface area contributed by atoms with Crippen molar-refractivity contribution in [2.75, 3.05) is 5.73 Å². The first-order chi connectivity index (χ1) is 8.00. The number of nitrogens with zero attached hydrogens (tertiary/aromatic N) is 1. The fraction of sp³-hybridized carbons (Fsp3) is 0.0833. The van der Waals surface area contributed by atoms with Crippen molar-refractivity contribution in [3.63, 3.8) is 0 Å². The summed E-state index contributed by atoms with van der Waals surface area (Å²) in [7, 11) is 0. The second-order valence-corrected chi connectivity index (χ2v) is 5.29. The fourth-order valence-electron chi connectivity index (χ4n) is 1.56. The molecular weight excluding hydrogens is 351 g/mol. The number of nitrogens with two attached hydrogens (primary N) is 1. The van der Waals surface area contributed by atoms with E-state index >= 15 is 0 Å². The molecule has 0 amide bonds. The number of aryl methyl sites for hydroxylation is 1. The second-order valence-electron chi connectivity index (χ2n) is 3.64. The molecule has 0 fully saturated rings. The number of pyridine rings is 1. The molecule has 0 saturated heterocycles. The summed E-state index contributed by atoms with van der Waals surface area (Å²) in [5.74, 6) is -0.257. The molecule has 88 valence electrons. The van der Waals surface area contributed by atoms with Gasteiger partial charge in [-0.15, -0.1) is 0 Å². The van der Waals surface area contributed by atoms with Crippen molar-refractivity contribution in [3.8, 4) is 11.3 Å². The lowest BCUT2D eigenvalue weighted by atomic mass is 10.0. The molecule has 2 aromatic rings. The van der Waals surface area contributed by atoms with Crippen LogP contribution in [-0.4, -0.2) is 4.98 Å². The maximum absolute atomic E-state index is 13.0. The molecule has 2 nitrogen and oxygen atoms in total. The van der Waals surface area contributed by atoms with E-state index in [9.17, 15) is 4.39 Å². The molecule has 0 aliphatic carbocycles. The molecule has 0 atom stereocenters. The van der Waals surface area contributed by atoms with Gasteiger partial charge in [-0.25, -0.2) is 4.39 Å². The predicted molar refractivity (Wildman–Crippen MR) is 74.2 cm³/mol. The second kappa shape index (κ2) is 4.74. The van der Waals surface area contributed by atoms with Crippen LogP contribution in [-0.2, 0) is 0 Å². The lowest BCUT2D eigenvalue weighted by Crippen LogP contribution is -1.95. The summed E-state index contributed by atoms with van der Waals surface area (Å²) in [6.45, 7) is 1.84. The first-order valence-corrected chi connectivity index (χ1v) is 6.45. The Balaban J connectivity index is 2.65. The minimum absolute atomic E-state index is 0.257. The first kappa shape index (κ1) is 12.5. The van der Waals surface area contributed by atoms with Gasteiger partial charge in [0.1, 0.15) is 5.82 Å². The summed E-state index contributed by atoms with van der Waals surface area (Å²) in [5.41, 5.74) is 8.86. The minimum atomic E-state index is -0.257. The largest absolute Gasteiger partial charge is 0.397 e. The Hall–Kier alpha value is -0.940. The van der Waals surface area contributed by atoms with Gasteiger partial charge >= 0.3 is 0 Å². The van der Waals surface area contributed by atoms with Gasteiger partial charge in [-0.3, -0.25) is 4.98 Å². The Kier molecular flexibility index (Phi) is 3.49. The van der Waals surface area contributed by atoms with Crippen LogP contribution in [0.2, 0.25) is 0 Å². The van der Waals surface area contributed by atoms with E-state index in [0.29, 0.717) is 15.9 Å². The highest BCUT2D eigenvalue weighted by atomic mass is 79.9. The van der Waals surface area contributed by atoms with Gasteiger partial charge in [-0.1, -0.05) is 0 Å². The van der Waals surface area contributed by atoms with Gasteiger partial charge in [-0.2, -0.15) is 0 Å². The molecule has 1 heterocycles. The molecule has 2 N–H and O–H groups in total. The number of halogens is 3. The SMILES string of the molecule is Cc1cc(F)ccc1-c1ncc(Br)c(N)c1Br. The Labute approximate surface area is 115 Å². The Morgan fingerprint density at radius 1 is 1.29 bits per heavy atom. The highest BCUT2D eigenvalue weighted by Crippen LogP contribution is 2.36. The van der Waals surface area contributed by atoms with Gasteiger partial charge in [0, 0.05) is 11.8 Å².